The molecule has 0 spiro atoms. The van der Waals surface area contributed by atoms with Crippen molar-refractivity contribution in [3.8, 4) is 5.75 Å². The van der Waals surface area contributed by atoms with E-state index in [0.29, 0.717) is 16.5 Å². The van der Waals surface area contributed by atoms with Crippen molar-refractivity contribution in [2.45, 2.75) is 19.3 Å². The maximum absolute atomic E-state index is 13.6. The first kappa shape index (κ1) is 23.2. The highest BCUT2D eigenvalue weighted by atomic mass is 19.4. The summed E-state index contributed by atoms with van der Waals surface area (Å²) in [6.45, 7) is 1.81. The van der Waals surface area contributed by atoms with Gasteiger partial charge in [-0.15, -0.1) is 13.2 Å². The third-order valence-corrected chi connectivity index (χ3v) is 5.79. The summed E-state index contributed by atoms with van der Waals surface area (Å²) < 4.78 is 48.1. The largest absolute Gasteiger partial charge is 0.573 e. The number of furan rings is 1. The number of rotatable bonds is 5. The van der Waals surface area contributed by atoms with Gasteiger partial charge in [0.1, 0.15) is 11.3 Å². The fourth-order valence-electron chi connectivity index (χ4n) is 4.32. The van der Waals surface area contributed by atoms with Crippen molar-refractivity contribution in [1.29, 1.82) is 0 Å². The Morgan fingerprint density at radius 1 is 1.00 bits per heavy atom. The van der Waals surface area contributed by atoms with Crippen LogP contribution in [0.1, 0.15) is 27.7 Å². The van der Waals surface area contributed by atoms with Gasteiger partial charge in [-0.2, -0.15) is 0 Å². The molecule has 0 saturated heterocycles. The number of para-hydroxylation sites is 1. The number of benzene rings is 3. The smallest absolute Gasteiger partial charge is 0.503 e. The molecule has 1 unspecified atom stereocenters. The molecule has 3 aromatic carbocycles. The van der Waals surface area contributed by atoms with Gasteiger partial charge in [0.05, 0.1) is 11.6 Å². The van der Waals surface area contributed by atoms with E-state index in [1.54, 1.807) is 42.5 Å². The average Bonchev–Trinajstić information content (AvgIpc) is 3.37. The molecule has 1 atom stereocenters. The van der Waals surface area contributed by atoms with Gasteiger partial charge in [-0.05, 0) is 36.8 Å². The molecule has 9 heteroatoms. The number of amides is 1. The summed E-state index contributed by atoms with van der Waals surface area (Å²) in [7, 11) is 0. The van der Waals surface area contributed by atoms with Crippen LogP contribution in [0.4, 0.5) is 18.9 Å². The number of aryl methyl sites for hydroxylation is 1. The Kier molecular flexibility index (Phi) is 5.55. The number of Topliss-reactive ketones (excluding diaryl/α,β-unsaturated/α-hetero) is 1. The quantitative estimate of drug-likeness (QED) is 0.325. The Morgan fingerprint density at radius 2 is 1.75 bits per heavy atom. The van der Waals surface area contributed by atoms with Crippen LogP contribution in [0.15, 0.2) is 94.6 Å². The van der Waals surface area contributed by atoms with Gasteiger partial charge < -0.3 is 14.3 Å². The van der Waals surface area contributed by atoms with E-state index in [9.17, 15) is 27.9 Å². The first-order chi connectivity index (χ1) is 17.1. The number of aliphatic hydroxyl groups is 1. The van der Waals surface area contributed by atoms with E-state index in [2.05, 4.69) is 4.74 Å². The monoisotopic (exact) mass is 493 g/mol. The second-order valence-corrected chi connectivity index (χ2v) is 8.28. The summed E-state index contributed by atoms with van der Waals surface area (Å²) in [5.41, 5.74) is 1.51. The number of nitrogens with zero attached hydrogens (tertiary/aromatic N) is 1. The van der Waals surface area contributed by atoms with Crippen LogP contribution in [0.2, 0.25) is 0 Å². The number of carbonyl (C=O) groups excluding carboxylic acids is 2. The zero-order valence-electron chi connectivity index (χ0n) is 18.7. The Balaban J connectivity index is 1.64. The molecule has 1 amide bonds. The van der Waals surface area contributed by atoms with E-state index in [1.807, 2.05) is 13.0 Å². The molecule has 1 aliphatic rings. The van der Waals surface area contributed by atoms with Crippen molar-refractivity contribution in [3.05, 3.63) is 107 Å². The van der Waals surface area contributed by atoms with E-state index in [0.717, 1.165) is 22.6 Å². The minimum Gasteiger partial charge on any atom is -0.503 e. The number of hydrogen-bond acceptors (Lipinski definition) is 5. The van der Waals surface area contributed by atoms with E-state index >= 15 is 0 Å². The van der Waals surface area contributed by atoms with Gasteiger partial charge in [-0.3, -0.25) is 14.5 Å². The maximum atomic E-state index is 13.6. The van der Waals surface area contributed by atoms with E-state index in [-0.39, 0.29) is 17.0 Å². The Bertz CT molecular complexity index is 1500. The molecule has 182 valence electrons. The van der Waals surface area contributed by atoms with Crippen LogP contribution >= 0.6 is 0 Å². The maximum Gasteiger partial charge on any atom is 0.573 e. The highest BCUT2D eigenvalue weighted by molar-refractivity contribution is 6.20. The molecule has 4 aromatic rings. The molecule has 0 radical (unpaired) electrons. The topological polar surface area (TPSA) is 80.0 Å². The Morgan fingerprint density at radius 3 is 2.47 bits per heavy atom. The summed E-state index contributed by atoms with van der Waals surface area (Å²) >= 11 is 0. The predicted octanol–water partition coefficient (Wildman–Crippen LogP) is 6.42. The third-order valence-electron chi connectivity index (χ3n) is 5.79. The number of carbonyl (C=O) groups is 2. The second kappa shape index (κ2) is 8.60. The number of aliphatic hydroxyl groups excluding tert-OH is 1. The summed E-state index contributed by atoms with van der Waals surface area (Å²) in [6.07, 6.45) is -4.94. The van der Waals surface area contributed by atoms with Crippen molar-refractivity contribution in [2.24, 2.45) is 0 Å². The summed E-state index contributed by atoms with van der Waals surface area (Å²) in [6, 6.07) is 19.0. The number of alkyl halides is 3. The number of fused-ring (bicyclic) bond motifs is 1. The standard InChI is InChI=1S/C27H18F3NO5/c1-15-6-4-8-17(12-15)23-22(24(32)21-13-16-7-2-3-11-20(16)35-21)25(33)26(34)31(23)18-9-5-10-19(14-18)36-27(28,29)30/h2-14,23,33H,1H3. The van der Waals surface area contributed by atoms with Crippen LogP contribution in [-0.2, 0) is 4.79 Å². The molecule has 0 saturated carbocycles. The first-order valence-electron chi connectivity index (χ1n) is 10.8. The normalized spacial score (nSPS) is 16.2. The van der Waals surface area contributed by atoms with Crippen LogP contribution in [0.25, 0.3) is 11.0 Å². The van der Waals surface area contributed by atoms with Gasteiger partial charge in [0, 0.05) is 17.1 Å². The molecule has 1 N–H and O–H groups in total. The molecule has 0 bridgehead atoms. The summed E-state index contributed by atoms with van der Waals surface area (Å²) in [5.74, 6) is -3.10. The molecule has 0 aliphatic carbocycles. The fraction of sp³-hybridized carbons (Fsp3) is 0.111. The minimum atomic E-state index is -4.94. The van der Waals surface area contributed by atoms with Gasteiger partial charge in [0.2, 0.25) is 5.78 Å². The predicted molar refractivity (Wildman–Crippen MR) is 125 cm³/mol. The van der Waals surface area contributed by atoms with Crippen molar-refractivity contribution in [1.82, 2.24) is 0 Å². The molecule has 5 rings (SSSR count). The van der Waals surface area contributed by atoms with Crippen molar-refractivity contribution < 1.29 is 37.0 Å². The highest BCUT2D eigenvalue weighted by Crippen LogP contribution is 2.43. The van der Waals surface area contributed by atoms with Crippen molar-refractivity contribution >= 4 is 28.3 Å². The van der Waals surface area contributed by atoms with E-state index in [1.165, 1.54) is 18.2 Å². The Hall–Kier alpha value is -4.53. The van der Waals surface area contributed by atoms with Gasteiger partial charge >= 0.3 is 6.36 Å². The van der Waals surface area contributed by atoms with Crippen molar-refractivity contribution in [2.75, 3.05) is 4.90 Å². The molecule has 0 fully saturated rings. The number of hydrogen-bond donors (Lipinski definition) is 1. The second-order valence-electron chi connectivity index (χ2n) is 8.28. The van der Waals surface area contributed by atoms with Gasteiger partial charge in [0.15, 0.2) is 11.5 Å². The number of ketones is 1. The lowest BCUT2D eigenvalue weighted by atomic mass is 9.94. The van der Waals surface area contributed by atoms with Gasteiger partial charge in [0.25, 0.3) is 5.91 Å². The van der Waals surface area contributed by atoms with Crippen molar-refractivity contribution in [3.63, 3.8) is 0 Å². The third kappa shape index (κ3) is 4.19. The summed E-state index contributed by atoms with van der Waals surface area (Å²) in [5, 5.41) is 11.5. The molecule has 6 nitrogen and oxygen atoms in total. The molecule has 2 heterocycles. The van der Waals surface area contributed by atoms with Crippen LogP contribution in [0, 0.1) is 6.92 Å². The lowest BCUT2D eigenvalue weighted by Gasteiger charge is -2.27. The molecular formula is C27H18F3NO5. The van der Waals surface area contributed by atoms with Crippen LogP contribution in [0.5, 0.6) is 5.75 Å². The first-order valence-corrected chi connectivity index (χ1v) is 10.8. The van der Waals surface area contributed by atoms with E-state index in [4.69, 9.17) is 4.42 Å². The lowest BCUT2D eigenvalue weighted by Crippen LogP contribution is -2.31. The fourth-order valence-corrected chi connectivity index (χ4v) is 4.32. The lowest BCUT2D eigenvalue weighted by molar-refractivity contribution is -0.274. The van der Waals surface area contributed by atoms with Gasteiger partial charge in [-0.25, -0.2) is 0 Å². The highest BCUT2D eigenvalue weighted by Gasteiger charge is 2.45. The van der Waals surface area contributed by atoms with Crippen LogP contribution in [0.3, 0.4) is 0 Å². The molecule has 36 heavy (non-hydrogen) atoms. The molecule has 1 aromatic heterocycles. The zero-order valence-corrected chi connectivity index (χ0v) is 18.7. The minimum absolute atomic E-state index is 0.00668. The van der Waals surface area contributed by atoms with Crippen LogP contribution in [-0.4, -0.2) is 23.2 Å². The van der Waals surface area contributed by atoms with E-state index < -0.39 is 35.6 Å². The molecular weight excluding hydrogens is 475 g/mol. The summed E-state index contributed by atoms with van der Waals surface area (Å²) in [4.78, 5) is 27.9. The number of anilines is 1. The van der Waals surface area contributed by atoms with Crippen LogP contribution < -0.4 is 9.64 Å². The SMILES string of the molecule is Cc1cccc(C2C(C(=O)c3cc4ccccc4o3)=C(O)C(=O)N2c2cccc(OC(F)(F)F)c2)c1. The Labute approximate surface area is 202 Å². The average molecular weight is 493 g/mol. The van der Waals surface area contributed by atoms with Gasteiger partial charge in [-0.1, -0.05) is 54.1 Å². The zero-order chi connectivity index (χ0) is 25.6. The number of ether oxygens (including phenoxy) is 1. The molecule has 1 aliphatic heterocycles. The number of halogens is 3.